The number of carbonyl (C=O) groups is 1. The Labute approximate surface area is 141 Å². The topological polar surface area (TPSA) is 94.3 Å². The van der Waals surface area contributed by atoms with E-state index in [1.54, 1.807) is 18.2 Å². The molecule has 1 amide bonds. The Kier molecular flexibility index (Phi) is 4.57. The van der Waals surface area contributed by atoms with Crippen molar-refractivity contribution >= 4 is 33.3 Å². The summed E-state index contributed by atoms with van der Waals surface area (Å²) in [6, 6.07) is 6.54. The molecule has 1 aromatic carbocycles. The highest BCUT2D eigenvalue weighted by Gasteiger charge is 2.09. The van der Waals surface area contributed by atoms with Crippen LogP contribution in [-0.4, -0.2) is 22.7 Å². The molecule has 0 aliphatic rings. The molecule has 8 heteroatoms. The standard InChI is InChI=1S/C16H15N3O4S/c1-3-14-18-19-16(24-14)17-13(20)8-22-10-4-5-11-9(2)6-15(21)23-12(11)7-10/h4-7H,3,8H2,1-2H3,(H,17,19,20). The highest BCUT2D eigenvalue weighted by Crippen LogP contribution is 2.22. The van der Waals surface area contributed by atoms with Crippen LogP contribution >= 0.6 is 11.3 Å². The zero-order valence-corrected chi connectivity index (χ0v) is 14.0. The second-order valence-corrected chi connectivity index (χ2v) is 6.16. The summed E-state index contributed by atoms with van der Waals surface area (Å²) in [5, 5.41) is 12.6. The maximum atomic E-state index is 11.9. The Hall–Kier alpha value is -2.74. The van der Waals surface area contributed by atoms with Crippen molar-refractivity contribution in [1.82, 2.24) is 10.2 Å². The third kappa shape index (κ3) is 3.60. The van der Waals surface area contributed by atoms with Crippen LogP contribution in [0.25, 0.3) is 11.0 Å². The molecule has 3 rings (SSSR count). The van der Waals surface area contributed by atoms with Gasteiger partial charge in [0.1, 0.15) is 16.3 Å². The molecule has 0 radical (unpaired) electrons. The largest absolute Gasteiger partial charge is 0.484 e. The van der Waals surface area contributed by atoms with E-state index in [-0.39, 0.29) is 12.5 Å². The van der Waals surface area contributed by atoms with Crippen molar-refractivity contribution in [3.8, 4) is 5.75 Å². The van der Waals surface area contributed by atoms with E-state index < -0.39 is 5.63 Å². The normalized spacial score (nSPS) is 10.8. The van der Waals surface area contributed by atoms with Crippen molar-refractivity contribution < 1.29 is 13.9 Å². The van der Waals surface area contributed by atoms with E-state index in [1.165, 1.54) is 17.4 Å². The molecular weight excluding hydrogens is 330 g/mol. The molecule has 3 aromatic rings. The lowest BCUT2D eigenvalue weighted by atomic mass is 10.1. The minimum atomic E-state index is -0.419. The van der Waals surface area contributed by atoms with Crippen LogP contribution in [0.1, 0.15) is 17.5 Å². The van der Waals surface area contributed by atoms with E-state index in [0.717, 1.165) is 22.4 Å². The molecule has 124 valence electrons. The minimum Gasteiger partial charge on any atom is -0.484 e. The van der Waals surface area contributed by atoms with Crippen LogP contribution in [0, 0.1) is 6.92 Å². The first-order valence-electron chi connectivity index (χ1n) is 7.34. The predicted molar refractivity (Wildman–Crippen MR) is 90.6 cm³/mol. The lowest BCUT2D eigenvalue weighted by Gasteiger charge is -2.07. The monoisotopic (exact) mass is 345 g/mol. The summed E-state index contributed by atoms with van der Waals surface area (Å²) in [7, 11) is 0. The molecule has 0 aliphatic heterocycles. The van der Waals surface area contributed by atoms with Crippen molar-refractivity contribution in [3.63, 3.8) is 0 Å². The molecule has 24 heavy (non-hydrogen) atoms. The van der Waals surface area contributed by atoms with E-state index in [0.29, 0.717) is 16.5 Å². The van der Waals surface area contributed by atoms with Gasteiger partial charge in [-0.25, -0.2) is 4.79 Å². The van der Waals surface area contributed by atoms with Crippen molar-refractivity contribution in [3.05, 3.63) is 45.3 Å². The number of nitrogens with zero attached hydrogens (tertiary/aromatic N) is 2. The smallest absolute Gasteiger partial charge is 0.336 e. The van der Waals surface area contributed by atoms with Gasteiger partial charge in [-0.3, -0.25) is 10.1 Å². The van der Waals surface area contributed by atoms with Gasteiger partial charge in [-0.15, -0.1) is 10.2 Å². The number of aromatic nitrogens is 2. The number of nitrogens with one attached hydrogen (secondary N) is 1. The summed E-state index contributed by atoms with van der Waals surface area (Å²) in [6.45, 7) is 3.62. The number of benzene rings is 1. The molecule has 0 saturated heterocycles. The van der Waals surface area contributed by atoms with Crippen LogP contribution in [0.2, 0.25) is 0 Å². The highest BCUT2D eigenvalue weighted by atomic mass is 32.1. The van der Waals surface area contributed by atoms with Gasteiger partial charge < -0.3 is 9.15 Å². The van der Waals surface area contributed by atoms with E-state index in [4.69, 9.17) is 9.15 Å². The fraction of sp³-hybridized carbons (Fsp3) is 0.250. The molecule has 0 spiro atoms. The van der Waals surface area contributed by atoms with Crippen LogP contribution < -0.4 is 15.7 Å². The number of carbonyl (C=O) groups excluding carboxylic acids is 1. The molecule has 0 aliphatic carbocycles. The van der Waals surface area contributed by atoms with Gasteiger partial charge in [0.05, 0.1) is 0 Å². The maximum Gasteiger partial charge on any atom is 0.336 e. The Morgan fingerprint density at radius 1 is 1.33 bits per heavy atom. The minimum absolute atomic E-state index is 0.178. The zero-order chi connectivity index (χ0) is 17.1. The average molecular weight is 345 g/mol. The van der Waals surface area contributed by atoms with Gasteiger partial charge in [0.25, 0.3) is 5.91 Å². The molecule has 0 saturated carbocycles. The van der Waals surface area contributed by atoms with Crippen molar-refractivity contribution in [2.45, 2.75) is 20.3 Å². The summed E-state index contributed by atoms with van der Waals surface area (Å²) in [5.41, 5.74) is 0.834. The maximum absolute atomic E-state index is 11.9. The first-order chi connectivity index (χ1) is 11.5. The lowest BCUT2D eigenvalue weighted by Crippen LogP contribution is -2.20. The number of amides is 1. The number of ether oxygens (including phenoxy) is 1. The van der Waals surface area contributed by atoms with Crippen LogP contribution in [0.4, 0.5) is 5.13 Å². The Bertz CT molecular complexity index is 948. The predicted octanol–water partition coefficient (Wildman–Crippen LogP) is 2.53. The molecule has 2 heterocycles. The van der Waals surface area contributed by atoms with Crippen molar-refractivity contribution in [1.29, 1.82) is 0 Å². The van der Waals surface area contributed by atoms with Gasteiger partial charge in [-0.2, -0.15) is 0 Å². The Morgan fingerprint density at radius 3 is 2.92 bits per heavy atom. The molecular formula is C16H15N3O4S. The number of hydrogen-bond donors (Lipinski definition) is 1. The number of hydrogen-bond acceptors (Lipinski definition) is 7. The zero-order valence-electron chi connectivity index (χ0n) is 13.2. The number of aryl methyl sites for hydroxylation is 2. The number of anilines is 1. The molecule has 7 nitrogen and oxygen atoms in total. The number of fused-ring (bicyclic) bond motifs is 1. The molecule has 0 bridgehead atoms. The second-order valence-electron chi connectivity index (χ2n) is 5.10. The third-order valence-electron chi connectivity index (χ3n) is 3.31. The fourth-order valence-electron chi connectivity index (χ4n) is 2.15. The van der Waals surface area contributed by atoms with E-state index in [2.05, 4.69) is 15.5 Å². The molecule has 0 unspecified atom stereocenters. The summed E-state index contributed by atoms with van der Waals surface area (Å²) in [5.74, 6) is 0.109. The summed E-state index contributed by atoms with van der Waals surface area (Å²) >= 11 is 1.33. The van der Waals surface area contributed by atoms with Crippen LogP contribution in [0.5, 0.6) is 5.75 Å². The first kappa shape index (κ1) is 16.1. The summed E-state index contributed by atoms with van der Waals surface area (Å²) in [4.78, 5) is 23.3. The van der Waals surface area contributed by atoms with Crippen molar-refractivity contribution in [2.24, 2.45) is 0 Å². The molecule has 0 atom stereocenters. The Morgan fingerprint density at radius 2 is 2.17 bits per heavy atom. The summed E-state index contributed by atoms with van der Waals surface area (Å²) < 4.78 is 10.6. The van der Waals surface area contributed by atoms with E-state index in [9.17, 15) is 9.59 Å². The molecule has 1 N–H and O–H groups in total. The Balaban J connectivity index is 1.66. The second kappa shape index (κ2) is 6.79. The van der Waals surface area contributed by atoms with Crippen LogP contribution in [0.15, 0.2) is 33.5 Å². The van der Waals surface area contributed by atoms with Gasteiger partial charge in [-0.05, 0) is 31.0 Å². The fourth-order valence-corrected chi connectivity index (χ4v) is 2.84. The van der Waals surface area contributed by atoms with Gasteiger partial charge in [0.2, 0.25) is 5.13 Å². The van der Waals surface area contributed by atoms with Gasteiger partial charge in [-0.1, -0.05) is 18.3 Å². The molecule has 2 aromatic heterocycles. The summed E-state index contributed by atoms with van der Waals surface area (Å²) in [6.07, 6.45) is 0.770. The highest BCUT2D eigenvalue weighted by molar-refractivity contribution is 7.15. The van der Waals surface area contributed by atoms with Crippen LogP contribution in [-0.2, 0) is 11.2 Å². The molecule has 0 fully saturated rings. The number of rotatable bonds is 5. The van der Waals surface area contributed by atoms with Crippen LogP contribution in [0.3, 0.4) is 0 Å². The van der Waals surface area contributed by atoms with Gasteiger partial charge in [0.15, 0.2) is 6.61 Å². The average Bonchev–Trinajstić information content (AvgIpc) is 3.00. The van der Waals surface area contributed by atoms with E-state index in [1.807, 2.05) is 13.8 Å². The first-order valence-corrected chi connectivity index (χ1v) is 8.16. The van der Waals surface area contributed by atoms with E-state index >= 15 is 0 Å². The SMILES string of the molecule is CCc1nnc(NC(=O)COc2ccc3c(C)cc(=O)oc3c2)s1. The quantitative estimate of drug-likeness (QED) is 0.714. The van der Waals surface area contributed by atoms with Crippen molar-refractivity contribution in [2.75, 3.05) is 11.9 Å². The third-order valence-corrected chi connectivity index (χ3v) is 4.29. The lowest BCUT2D eigenvalue weighted by molar-refractivity contribution is -0.118. The van der Waals surface area contributed by atoms with Gasteiger partial charge >= 0.3 is 5.63 Å². The van der Waals surface area contributed by atoms with Gasteiger partial charge in [0, 0.05) is 17.5 Å².